The monoisotopic (exact) mass is 327 g/mol. The van der Waals surface area contributed by atoms with Gasteiger partial charge >= 0.3 is 6.03 Å². The van der Waals surface area contributed by atoms with E-state index in [1.54, 1.807) is 0 Å². The normalized spacial score (nSPS) is 13.8. The van der Waals surface area contributed by atoms with E-state index in [1.807, 2.05) is 32.8 Å². The zero-order chi connectivity index (χ0) is 17.3. The summed E-state index contributed by atoms with van der Waals surface area (Å²) in [5, 5.41) is 10.6. The van der Waals surface area contributed by atoms with Gasteiger partial charge in [0, 0.05) is 55.6 Å². The highest BCUT2D eigenvalue weighted by Gasteiger charge is 2.25. The quantitative estimate of drug-likeness (QED) is 0.911. The van der Waals surface area contributed by atoms with Gasteiger partial charge in [-0.2, -0.15) is 5.10 Å². The predicted molar refractivity (Wildman–Crippen MR) is 96.1 cm³/mol. The van der Waals surface area contributed by atoms with Crippen molar-refractivity contribution in [3.05, 3.63) is 35.5 Å². The molecule has 24 heavy (non-hydrogen) atoms. The predicted octanol–water partition coefficient (Wildman–Crippen LogP) is 2.62. The first-order valence-corrected chi connectivity index (χ1v) is 8.35. The Bertz CT molecular complexity index is 718. The van der Waals surface area contributed by atoms with Crippen molar-refractivity contribution in [3.8, 4) is 11.3 Å². The fourth-order valence-electron chi connectivity index (χ4n) is 2.96. The molecule has 1 aliphatic rings. The first kappa shape index (κ1) is 16.4. The van der Waals surface area contributed by atoms with Gasteiger partial charge in [0.25, 0.3) is 0 Å². The molecule has 0 aliphatic carbocycles. The summed E-state index contributed by atoms with van der Waals surface area (Å²) in [6, 6.07) is 8.47. The summed E-state index contributed by atoms with van der Waals surface area (Å²) < 4.78 is 0. The van der Waals surface area contributed by atoms with Gasteiger partial charge < -0.3 is 15.1 Å². The average Bonchev–Trinajstić information content (AvgIpc) is 2.97. The van der Waals surface area contributed by atoms with Crippen LogP contribution >= 0.6 is 0 Å². The third-order valence-corrected chi connectivity index (χ3v) is 4.29. The molecule has 0 atom stereocenters. The number of amides is 2. The second-order valence-electron chi connectivity index (χ2n) is 6.75. The van der Waals surface area contributed by atoms with Crippen LogP contribution in [0, 0.1) is 0 Å². The second kappa shape index (κ2) is 6.55. The molecule has 0 fully saturated rings. The molecule has 0 unspecified atom stereocenters. The van der Waals surface area contributed by atoms with Crippen molar-refractivity contribution in [1.29, 1.82) is 0 Å². The van der Waals surface area contributed by atoms with Crippen LogP contribution in [-0.4, -0.2) is 47.8 Å². The fourth-order valence-corrected chi connectivity index (χ4v) is 2.96. The number of hydrogen-bond donors (Lipinski definition) is 2. The second-order valence-corrected chi connectivity index (χ2v) is 6.75. The van der Waals surface area contributed by atoms with E-state index in [0.717, 1.165) is 34.6 Å². The van der Waals surface area contributed by atoms with E-state index in [2.05, 4.69) is 44.7 Å². The van der Waals surface area contributed by atoms with Crippen LogP contribution in [0.25, 0.3) is 11.3 Å². The van der Waals surface area contributed by atoms with Crippen LogP contribution in [0.2, 0.25) is 0 Å². The molecule has 6 heteroatoms. The first-order valence-electron chi connectivity index (χ1n) is 8.35. The molecule has 0 radical (unpaired) electrons. The topological polar surface area (TPSA) is 64.3 Å². The van der Waals surface area contributed by atoms with Crippen molar-refractivity contribution in [2.45, 2.75) is 32.9 Å². The average molecular weight is 327 g/mol. The molecule has 1 aliphatic heterocycles. The highest BCUT2D eigenvalue weighted by atomic mass is 16.2. The Morgan fingerprint density at radius 2 is 2.00 bits per heavy atom. The molecule has 128 valence electrons. The minimum atomic E-state index is -0.00856. The van der Waals surface area contributed by atoms with E-state index in [0.29, 0.717) is 13.1 Å². The maximum atomic E-state index is 12.3. The molecule has 3 rings (SSSR count). The molecular formula is C18H25N5O. The number of nitrogens with zero attached hydrogens (tertiary/aromatic N) is 3. The van der Waals surface area contributed by atoms with Crippen LogP contribution in [-0.2, 0) is 13.0 Å². The molecular weight excluding hydrogens is 302 g/mol. The number of aromatic amines is 1. The molecule has 2 N–H and O–H groups in total. The number of carbonyl (C=O) groups excluding carboxylic acids is 1. The maximum Gasteiger partial charge on any atom is 0.317 e. The Balaban J connectivity index is 1.84. The minimum Gasteiger partial charge on any atom is -0.378 e. The minimum absolute atomic E-state index is 0.00856. The van der Waals surface area contributed by atoms with Crippen molar-refractivity contribution < 1.29 is 4.79 Å². The number of fused-ring (bicyclic) bond motifs is 1. The van der Waals surface area contributed by atoms with Crippen molar-refractivity contribution in [2.24, 2.45) is 0 Å². The number of nitrogens with one attached hydrogen (secondary N) is 2. The van der Waals surface area contributed by atoms with Gasteiger partial charge in [0.2, 0.25) is 0 Å². The van der Waals surface area contributed by atoms with Crippen molar-refractivity contribution in [2.75, 3.05) is 25.5 Å². The molecule has 2 amide bonds. The third kappa shape index (κ3) is 3.22. The summed E-state index contributed by atoms with van der Waals surface area (Å²) in [6.45, 7) is 5.26. The number of benzene rings is 1. The van der Waals surface area contributed by atoms with Crippen LogP contribution < -0.4 is 10.2 Å². The lowest BCUT2D eigenvalue weighted by Crippen LogP contribution is -2.45. The number of rotatable bonds is 3. The van der Waals surface area contributed by atoms with Gasteiger partial charge in [-0.1, -0.05) is 12.1 Å². The summed E-state index contributed by atoms with van der Waals surface area (Å²) in [5.41, 5.74) is 5.43. The molecule has 1 aromatic heterocycles. The van der Waals surface area contributed by atoms with E-state index in [1.165, 1.54) is 0 Å². The highest BCUT2D eigenvalue weighted by Crippen LogP contribution is 2.29. The van der Waals surface area contributed by atoms with Crippen LogP contribution in [0.5, 0.6) is 0 Å². The summed E-state index contributed by atoms with van der Waals surface area (Å²) in [7, 11) is 4.05. The zero-order valence-electron chi connectivity index (χ0n) is 14.8. The largest absolute Gasteiger partial charge is 0.378 e. The molecule has 6 nitrogen and oxygen atoms in total. The standard InChI is InChI=1S/C18H25N5O/c1-12(2)19-18(24)23-10-9-16-15(11-23)17(21-20-16)13-5-7-14(8-6-13)22(3)4/h5-8,12H,9-11H2,1-4H3,(H,19,24)(H,20,21). The molecule has 0 bridgehead atoms. The van der Waals surface area contributed by atoms with Crippen LogP contribution in [0.15, 0.2) is 24.3 Å². The first-order chi connectivity index (χ1) is 11.5. The molecule has 0 saturated carbocycles. The smallest absolute Gasteiger partial charge is 0.317 e. The third-order valence-electron chi connectivity index (χ3n) is 4.29. The Hall–Kier alpha value is -2.50. The summed E-state index contributed by atoms with van der Waals surface area (Å²) in [5.74, 6) is 0. The van der Waals surface area contributed by atoms with E-state index in [-0.39, 0.29) is 12.1 Å². The van der Waals surface area contributed by atoms with Gasteiger partial charge in [0.15, 0.2) is 0 Å². The number of hydrogen-bond acceptors (Lipinski definition) is 3. The number of aromatic nitrogens is 2. The number of urea groups is 1. The molecule has 0 saturated heterocycles. The lowest BCUT2D eigenvalue weighted by molar-refractivity contribution is 0.190. The van der Waals surface area contributed by atoms with Crippen LogP contribution in [0.1, 0.15) is 25.1 Å². The lowest BCUT2D eigenvalue weighted by atomic mass is 10.0. The highest BCUT2D eigenvalue weighted by molar-refractivity contribution is 5.76. The Morgan fingerprint density at radius 1 is 1.29 bits per heavy atom. The van der Waals surface area contributed by atoms with E-state index < -0.39 is 0 Å². The van der Waals surface area contributed by atoms with Crippen molar-refractivity contribution in [1.82, 2.24) is 20.4 Å². The maximum absolute atomic E-state index is 12.3. The Morgan fingerprint density at radius 3 is 2.62 bits per heavy atom. The van der Waals surface area contributed by atoms with E-state index in [4.69, 9.17) is 0 Å². The van der Waals surface area contributed by atoms with Gasteiger partial charge in [-0.25, -0.2) is 4.79 Å². The Labute approximate surface area is 142 Å². The SMILES string of the molecule is CC(C)NC(=O)N1CCc2[nH]nc(-c3ccc(N(C)C)cc3)c2C1. The molecule has 2 aromatic rings. The van der Waals surface area contributed by atoms with Gasteiger partial charge in [0.05, 0.1) is 12.2 Å². The Kier molecular flexibility index (Phi) is 4.46. The molecule has 2 heterocycles. The van der Waals surface area contributed by atoms with Crippen LogP contribution in [0.3, 0.4) is 0 Å². The van der Waals surface area contributed by atoms with Gasteiger partial charge in [0.1, 0.15) is 0 Å². The number of H-pyrrole nitrogens is 1. The lowest BCUT2D eigenvalue weighted by Gasteiger charge is -2.28. The van der Waals surface area contributed by atoms with Gasteiger partial charge in [-0.15, -0.1) is 0 Å². The number of anilines is 1. The van der Waals surface area contributed by atoms with Crippen molar-refractivity contribution in [3.63, 3.8) is 0 Å². The zero-order valence-corrected chi connectivity index (χ0v) is 14.8. The fraction of sp³-hybridized carbons (Fsp3) is 0.444. The molecule has 1 aromatic carbocycles. The summed E-state index contributed by atoms with van der Waals surface area (Å²) in [4.78, 5) is 16.2. The van der Waals surface area contributed by atoms with Gasteiger partial charge in [-0.3, -0.25) is 5.10 Å². The van der Waals surface area contributed by atoms with E-state index >= 15 is 0 Å². The summed E-state index contributed by atoms with van der Waals surface area (Å²) in [6.07, 6.45) is 0.809. The van der Waals surface area contributed by atoms with Crippen LogP contribution in [0.4, 0.5) is 10.5 Å². The van der Waals surface area contributed by atoms with Crippen molar-refractivity contribution >= 4 is 11.7 Å². The van der Waals surface area contributed by atoms with E-state index in [9.17, 15) is 4.79 Å². The molecule has 0 spiro atoms. The summed E-state index contributed by atoms with van der Waals surface area (Å²) >= 11 is 0. The number of carbonyl (C=O) groups is 1. The van der Waals surface area contributed by atoms with Gasteiger partial charge in [-0.05, 0) is 26.0 Å².